The summed E-state index contributed by atoms with van der Waals surface area (Å²) in [6, 6.07) is -0.175. The third-order valence-corrected chi connectivity index (χ3v) is 3.69. The van der Waals surface area contributed by atoms with Crippen molar-refractivity contribution < 1.29 is 19.5 Å². The second-order valence-electron chi connectivity index (χ2n) is 5.63. The fourth-order valence-electron chi connectivity index (χ4n) is 2.52. The summed E-state index contributed by atoms with van der Waals surface area (Å²) in [4.78, 5) is 35.6. The molecule has 114 valence electrons. The summed E-state index contributed by atoms with van der Waals surface area (Å²) in [6.07, 6.45) is 3.11. The number of piperidine rings is 1. The maximum Gasteiger partial charge on any atom is 0.324 e. The number of carbonyl (C=O) groups is 3. The van der Waals surface area contributed by atoms with Gasteiger partial charge in [-0.25, -0.2) is 4.79 Å². The molecule has 0 aromatic rings. The van der Waals surface area contributed by atoms with Gasteiger partial charge in [-0.1, -0.05) is 6.92 Å². The van der Waals surface area contributed by atoms with Crippen LogP contribution in [0.25, 0.3) is 0 Å². The molecular formula is C14H24N2O4. The summed E-state index contributed by atoms with van der Waals surface area (Å²) >= 11 is 0. The molecule has 1 heterocycles. The van der Waals surface area contributed by atoms with Gasteiger partial charge in [0.2, 0.25) is 5.91 Å². The van der Waals surface area contributed by atoms with Crippen LogP contribution in [-0.4, -0.2) is 40.5 Å². The molecule has 20 heavy (non-hydrogen) atoms. The van der Waals surface area contributed by atoms with Gasteiger partial charge in [0.05, 0.1) is 0 Å². The van der Waals surface area contributed by atoms with Crippen LogP contribution in [-0.2, 0) is 9.59 Å². The van der Waals surface area contributed by atoms with Gasteiger partial charge in [-0.05, 0) is 38.5 Å². The highest BCUT2D eigenvalue weighted by Crippen LogP contribution is 2.21. The Kier molecular flexibility index (Phi) is 6.48. The molecule has 1 aliphatic rings. The maximum absolute atomic E-state index is 12.0. The minimum atomic E-state index is -0.863. The first kappa shape index (κ1) is 16.5. The number of nitrogens with zero attached hydrogens (tertiary/aromatic N) is 1. The quantitative estimate of drug-likeness (QED) is 0.756. The number of hydrogen-bond acceptors (Lipinski definition) is 3. The predicted octanol–water partition coefficient (Wildman–Crippen LogP) is 1.99. The van der Waals surface area contributed by atoms with Crippen LogP contribution < -0.4 is 5.32 Å². The number of hydrogen-bond donors (Lipinski definition) is 2. The van der Waals surface area contributed by atoms with Gasteiger partial charge >= 0.3 is 12.0 Å². The molecule has 1 aliphatic heterocycles. The lowest BCUT2D eigenvalue weighted by Crippen LogP contribution is -2.50. The van der Waals surface area contributed by atoms with E-state index in [0.717, 1.165) is 12.8 Å². The molecule has 3 amide bonds. The van der Waals surface area contributed by atoms with E-state index in [2.05, 4.69) is 12.2 Å². The average Bonchev–Trinajstić information content (AvgIpc) is 2.34. The number of amides is 3. The van der Waals surface area contributed by atoms with Crippen molar-refractivity contribution in [3.8, 4) is 0 Å². The topological polar surface area (TPSA) is 86.7 Å². The third-order valence-electron chi connectivity index (χ3n) is 3.69. The molecule has 1 fully saturated rings. The van der Waals surface area contributed by atoms with Crippen LogP contribution >= 0.6 is 0 Å². The second kappa shape index (κ2) is 7.87. The van der Waals surface area contributed by atoms with E-state index < -0.39 is 5.97 Å². The summed E-state index contributed by atoms with van der Waals surface area (Å²) in [5.74, 6) is -0.579. The summed E-state index contributed by atoms with van der Waals surface area (Å²) in [5.41, 5.74) is 0. The van der Waals surface area contributed by atoms with Crippen LogP contribution in [0.3, 0.4) is 0 Å². The van der Waals surface area contributed by atoms with E-state index in [9.17, 15) is 14.4 Å². The summed E-state index contributed by atoms with van der Waals surface area (Å²) in [5, 5.41) is 10.9. The number of imide groups is 1. The zero-order valence-electron chi connectivity index (χ0n) is 12.2. The largest absolute Gasteiger partial charge is 0.481 e. The molecule has 6 heteroatoms. The highest BCUT2D eigenvalue weighted by molar-refractivity contribution is 5.94. The first-order chi connectivity index (χ1) is 9.40. The maximum atomic E-state index is 12.0. The third kappa shape index (κ3) is 5.59. The summed E-state index contributed by atoms with van der Waals surface area (Å²) in [7, 11) is 0. The van der Waals surface area contributed by atoms with Gasteiger partial charge in [0.1, 0.15) is 0 Å². The summed E-state index contributed by atoms with van der Waals surface area (Å²) < 4.78 is 0. The van der Waals surface area contributed by atoms with Crippen LogP contribution in [0, 0.1) is 5.92 Å². The van der Waals surface area contributed by atoms with E-state index in [0.29, 0.717) is 25.3 Å². The van der Waals surface area contributed by atoms with Crippen molar-refractivity contribution >= 4 is 17.9 Å². The Morgan fingerprint density at radius 2 is 1.85 bits per heavy atom. The molecule has 0 radical (unpaired) electrons. The molecule has 2 N–H and O–H groups in total. The molecule has 1 rings (SSSR count). The number of rotatable bonds is 5. The van der Waals surface area contributed by atoms with Gasteiger partial charge < -0.3 is 10.0 Å². The van der Waals surface area contributed by atoms with Crippen molar-refractivity contribution in [3.63, 3.8) is 0 Å². The Labute approximate surface area is 119 Å². The Hall–Kier alpha value is -1.59. The summed E-state index contributed by atoms with van der Waals surface area (Å²) in [6.45, 7) is 4.84. The Morgan fingerprint density at radius 1 is 1.20 bits per heavy atom. The Balaban J connectivity index is 2.27. The minimum absolute atomic E-state index is 0.0578. The number of carboxylic acid groups (broad SMARTS) is 1. The minimum Gasteiger partial charge on any atom is -0.481 e. The number of unbranched alkanes of at least 4 members (excludes halogenated alkanes) is 1. The van der Waals surface area contributed by atoms with E-state index >= 15 is 0 Å². The van der Waals surface area contributed by atoms with Crippen LogP contribution in [0.4, 0.5) is 4.79 Å². The molecule has 0 spiro atoms. The van der Waals surface area contributed by atoms with E-state index in [1.807, 2.05) is 6.92 Å². The number of aliphatic carboxylic acids is 1. The normalized spacial score (nSPS) is 22.4. The van der Waals surface area contributed by atoms with Crippen molar-refractivity contribution in [2.24, 2.45) is 5.92 Å². The van der Waals surface area contributed by atoms with Gasteiger partial charge in [0.15, 0.2) is 0 Å². The molecule has 1 saturated heterocycles. The SMILES string of the molecule is CC1CCN(C(=O)NC(=O)CCCCC(=O)O)C(C)C1. The van der Waals surface area contributed by atoms with Crippen molar-refractivity contribution in [3.05, 3.63) is 0 Å². The smallest absolute Gasteiger partial charge is 0.324 e. The molecule has 0 aliphatic carbocycles. The van der Waals surface area contributed by atoms with Crippen LogP contribution in [0.2, 0.25) is 0 Å². The van der Waals surface area contributed by atoms with Gasteiger partial charge in [0, 0.05) is 25.4 Å². The van der Waals surface area contributed by atoms with E-state index in [-0.39, 0.29) is 30.8 Å². The zero-order chi connectivity index (χ0) is 15.1. The van der Waals surface area contributed by atoms with Gasteiger partial charge in [-0.2, -0.15) is 0 Å². The molecule has 0 bridgehead atoms. The number of urea groups is 1. The number of carboxylic acids is 1. The van der Waals surface area contributed by atoms with E-state index in [1.165, 1.54) is 0 Å². The molecular weight excluding hydrogens is 260 g/mol. The molecule has 0 aromatic carbocycles. The number of likely N-dealkylation sites (tertiary alicyclic amines) is 1. The predicted molar refractivity (Wildman–Crippen MR) is 74.2 cm³/mol. The Bertz CT molecular complexity index is 370. The van der Waals surface area contributed by atoms with Crippen LogP contribution in [0.5, 0.6) is 0 Å². The molecule has 2 unspecified atom stereocenters. The van der Waals surface area contributed by atoms with E-state index in [1.54, 1.807) is 4.90 Å². The van der Waals surface area contributed by atoms with Gasteiger partial charge in [-0.15, -0.1) is 0 Å². The van der Waals surface area contributed by atoms with Crippen LogP contribution in [0.1, 0.15) is 52.4 Å². The molecule has 2 atom stereocenters. The van der Waals surface area contributed by atoms with Crippen molar-refractivity contribution in [2.45, 2.75) is 58.4 Å². The average molecular weight is 284 g/mol. The fourth-order valence-corrected chi connectivity index (χ4v) is 2.52. The molecule has 0 aromatic heterocycles. The molecule has 0 saturated carbocycles. The van der Waals surface area contributed by atoms with Crippen molar-refractivity contribution in [1.82, 2.24) is 10.2 Å². The lowest BCUT2D eigenvalue weighted by molar-refractivity contribution is -0.137. The van der Waals surface area contributed by atoms with E-state index in [4.69, 9.17) is 5.11 Å². The van der Waals surface area contributed by atoms with Crippen molar-refractivity contribution in [1.29, 1.82) is 0 Å². The number of nitrogens with one attached hydrogen (secondary N) is 1. The molecule has 6 nitrogen and oxygen atoms in total. The van der Waals surface area contributed by atoms with Gasteiger partial charge in [-0.3, -0.25) is 14.9 Å². The fraction of sp³-hybridized carbons (Fsp3) is 0.786. The first-order valence-electron chi connectivity index (χ1n) is 7.22. The van der Waals surface area contributed by atoms with Gasteiger partial charge in [0.25, 0.3) is 0 Å². The Morgan fingerprint density at radius 3 is 2.45 bits per heavy atom. The van der Waals surface area contributed by atoms with Crippen LogP contribution in [0.15, 0.2) is 0 Å². The number of carbonyl (C=O) groups excluding carboxylic acids is 2. The first-order valence-corrected chi connectivity index (χ1v) is 7.22. The lowest BCUT2D eigenvalue weighted by atomic mass is 9.94. The second-order valence-corrected chi connectivity index (χ2v) is 5.63. The monoisotopic (exact) mass is 284 g/mol. The lowest BCUT2D eigenvalue weighted by Gasteiger charge is -2.36. The van der Waals surface area contributed by atoms with Crippen molar-refractivity contribution in [2.75, 3.05) is 6.54 Å². The zero-order valence-corrected chi connectivity index (χ0v) is 12.2. The standard InChI is InChI=1S/C14H24N2O4/c1-10-7-8-16(11(2)9-10)14(20)15-12(17)5-3-4-6-13(18)19/h10-11H,3-9H2,1-2H3,(H,18,19)(H,15,17,20). The highest BCUT2D eigenvalue weighted by atomic mass is 16.4. The highest BCUT2D eigenvalue weighted by Gasteiger charge is 2.27.